The fraction of sp³-hybridized carbons (Fsp3) is 0.0952. The molecule has 1 unspecified atom stereocenters. The van der Waals surface area contributed by atoms with Crippen molar-refractivity contribution in [3.63, 3.8) is 0 Å². The highest BCUT2D eigenvalue weighted by molar-refractivity contribution is 8.00. The van der Waals surface area contributed by atoms with Crippen molar-refractivity contribution in [3.05, 3.63) is 91.9 Å². The van der Waals surface area contributed by atoms with E-state index >= 15 is 0 Å². The Kier molecular flexibility index (Phi) is 7.80. The molecule has 0 heterocycles. The molecule has 1 atom stereocenters. The van der Waals surface area contributed by atoms with Gasteiger partial charge in [0.1, 0.15) is 12.6 Å². The highest BCUT2D eigenvalue weighted by Crippen LogP contribution is 2.40. The fourth-order valence-corrected chi connectivity index (χ4v) is 4.60. The number of hydrogen-bond acceptors (Lipinski definition) is 4. The van der Waals surface area contributed by atoms with Gasteiger partial charge in [0, 0.05) is 26.1 Å². The summed E-state index contributed by atoms with van der Waals surface area (Å²) in [4.78, 5) is 12.5. The third-order valence-corrected chi connectivity index (χ3v) is 6.49. The van der Waals surface area contributed by atoms with Crippen molar-refractivity contribution in [1.82, 2.24) is 0 Å². The van der Waals surface area contributed by atoms with Gasteiger partial charge < -0.3 is 15.1 Å². The largest absolute Gasteiger partial charge is 0.384 e. The van der Waals surface area contributed by atoms with E-state index in [2.05, 4.69) is 0 Å². The predicted octanol–water partition coefficient (Wildman–Crippen LogP) is 6.38. The summed E-state index contributed by atoms with van der Waals surface area (Å²) in [6.45, 7) is -0.116. The van der Waals surface area contributed by atoms with Gasteiger partial charge in [0.25, 0.3) is 0 Å². The maximum atomic E-state index is 11.8. The third kappa shape index (κ3) is 5.55. The average molecular weight is 502 g/mol. The molecule has 9 heteroatoms. The molecule has 0 aliphatic carbocycles. The van der Waals surface area contributed by atoms with E-state index in [1.807, 2.05) is 0 Å². The normalized spacial score (nSPS) is 11.9. The molecule has 30 heavy (non-hydrogen) atoms. The quantitative estimate of drug-likeness (QED) is 0.368. The van der Waals surface area contributed by atoms with Gasteiger partial charge in [-0.2, -0.15) is 0 Å². The molecule has 156 valence electrons. The average Bonchev–Trinajstić information content (AvgIpc) is 2.70. The summed E-state index contributed by atoms with van der Waals surface area (Å²) in [6, 6.07) is 17.1. The minimum Gasteiger partial charge on any atom is -0.384 e. The van der Waals surface area contributed by atoms with Gasteiger partial charge in [-0.1, -0.05) is 64.6 Å². The number of nitrogens with two attached hydrogens (primary N) is 1. The number of primary amides is 1. The molecule has 0 spiro atoms. The van der Waals surface area contributed by atoms with Crippen molar-refractivity contribution < 1.29 is 9.90 Å². The number of aliphatic hydroxyl groups is 1. The summed E-state index contributed by atoms with van der Waals surface area (Å²) in [6.07, 6.45) is -1.07. The zero-order chi connectivity index (χ0) is 21.8. The van der Waals surface area contributed by atoms with E-state index in [1.165, 1.54) is 11.9 Å². The minimum absolute atomic E-state index is 0.116. The number of anilines is 1. The molecular formula is C21H16Cl4N2O2S. The molecule has 1 amide bonds. The second-order valence-corrected chi connectivity index (χ2v) is 9.05. The highest BCUT2D eigenvalue weighted by Gasteiger charge is 2.23. The van der Waals surface area contributed by atoms with Crippen molar-refractivity contribution in [3.8, 4) is 0 Å². The first-order valence-electron chi connectivity index (χ1n) is 8.67. The maximum Gasteiger partial charge on any atom is 0.238 e. The maximum absolute atomic E-state index is 11.8. The van der Waals surface area contributed by atoms with Crippen LogP contribution in [0.1, 0.15) is 17.2 Å². The topological polar surface area (TPSA) is 66.6 Å². The summed E-state index contributed by atoms with van der Waals surface area (Å²) in [5.41, 5.74) is 7.03. The predicted molar refractivity (Wildman–Crippen MR) is 126 cm³/mol. The first-order chi connectivity index (χ1) is 14.3. The van der Waals surface area contributed by atoms with Gasteiger partial charge in [0.15, 0.2) is 0 Å². The molecule has 0 aliphatic rings. The first kappa shape index (κ1) is 23.1. The number of hydrogen-bond donors (Lipinski definition) is 2. The van der Waals surface area contributed by atoms with Crippen LogP contribution in [0.5, 0.6) is 0 Å². The van der Waals surface area contributed by atoms with Crippen LogP contribution in [0.25, 0.3) is 0 Å². The molecule has 0 saturated heterocycles. The molecule has 0 aliphatic heterocycles. The Balaban J connectivity index is 2.06. The van der Waals surface area contributed by atoms with Crippen molar-refractivity contribution in [1.29, 1.82) is 0 Å². The lowest BCUT2D eigenvalue weighted by molar-refractivity contribution is -0.116. The monoisotopic (exact) mass is 500 g/mol. The van der Waals surface area contributed by atoms with Crippen molar-refractivity contribution in [2.45, 2.75) is 11.0 Å². The summed E-state index contributed by atoms with van der Waals surface area (Å²) in [5, 5.41) is 12.7. The Morgan fingerprint density at radius 1 is 0.933 bits per heavy atom. The van der Waals surface area contributed by atoms with Crippen LogP contribution in [0.15, 0.2) is 65.6 Å². The molecule has 0 saturated carbocycles. The molecule has 3 aromatic carbocycles. The summed E-state index contributed by atoms with van der Waals surface area (Å²) in [7, 11) is 0. The van der Waals surface area contributed by atoms with Crippen LogP contribution in [-0.2, 0) is 4.79 Å². The van der Waals surface area contributed by atoms with Crippen LogP contribution in [0.2, 0.25) is 20.1 Å². The van der Waals surface area contributed by atoms with Gasteiger partial charge in [-0.05, 0) is 54.4 Å². The Hall–Kier alpha value is -1.60. The number of halogens is 4. The van der Waals surface area contributed by atoms with Crippen molar-refractivity contribution in [2.24, 2.45) is 5.73 Å². The van der Waals surface area contributed by atoms with E-state index in [-0.39, 0.29) is 6.54 Å². The van der Waals surface area contributed by atoms with E-state index in [0.29, 0.717) is 36.9 Å². The lowest BCUT2D eigenvalue weighted by atomic mass is 9.99. The Morgan fingerprint density at radius 3 is 2.33 bits per heavy atom. The third-order valence-electron chi connectivity index (χ3n) is 4.16. The van der Waals surface area contributed by atoms with E-state index in [4.69, 9.17) is 52.1 Å². The zero-order valence-electron chi connectivity index (χ0n) is 15.4. The summed E-state index contributed by atoms with van der Waals surface area (Å²) < 4.78 is 1.66. The van der Waals surface area contributed by atoms with Crippen molar-refractivity contribution in [2.75, 3.05) is 10.8 Å². The Labute approximate surface area is 198 Å². The van der Waals surface area contributed by atoms with Gasteiger partial charge in [-0.25, -0.2) is 0 Å². The van der Waals surface area contributed by atoms with Crippen LogP contribution >= 0.6 is 58.4 Å². The molecule has 4 nitrogen and oxygen atoms in total. The van der Waals surface area contributed by atoms with E-state index < -0.39 is 12.0 Å². The zero-order valence-corrected chi connectivity index (χ0v) is 19.2. The van der Waals surface area contributed by atoms with Gasteiger partial charge in [-0.3, -0.25) is 4.79 Å². The minimum atomic E-state index is -1.07. The van der Waals surface area contributed by atoms with Gasteiger partial charge in [0.2, 0.25) is 5.91 Å². The number of aliphatic hydroxyl groups excluding tert-OH is 1. The SMILES string of the molecule is NC(=O)CN(Sc1ccc(Cl)c(Cl)c1)c1ccc(Cl)cc1C(O)c1ccccc1Cl. The Morgan fingerprint density at radius 2 is 1.67 bits per heavy atom. The fourth-order valence-electron chi connectivity index (χ4n) is 2.80. The van der Waals surface area contributed by atoms with Crippen LogP contribution in [0.4, 0.5) is 5.69 Å². The number of carbonyl (C=O) groups excluding carboxylic acids is 1. The van der Waals surface area contributed by atoms with Crippen LogP contribution in [-0.4, -0.2) is 17.6 Å². The molecule has 3 N–H and O–H groups in total. The second-order valence-electron chi connectivity index (χ2n) is 6.30. The lowest BCUT2D eigenvalue weighted by Gasteiger charge is -2.27. The highest BCUT2D eigenvalue weighted by atomic mass is 35.5. The molecule has 0 radical (unpaired) electrons. The standard InChI is InChI=1S/C21H16Cl4N2O2S/c22-12-5-8-19(15(9-12)21(29)14-3-1-2-4-16(14)23)27(11-20(26)28)30-13-6-7-17(24)18(25)10-13/h1-10,21,29H,11H2,(H2,26,28). The summed E-state index contributed by atoms with van der Waals surface area (Å²) in [5.74, 6) is -0.546. The lowest BCUT2D eigenvalue weighted by Crippen LogP contribution is -2.29. The summed E-state index contributed by atoms with van der Waals surface area (Å²) >= 11 is 25.8. The number of carbonyl (C=O) groups is 1. The van der Waals surface area contributed by atoms with E-state index in [9.17, 15) is 9.90 Å². The van der Waals surface area contributed by atoms with Crippen LogP contribution < -0.4 is 10.0 Å². The number of nitrogens with zero attached hydrogens (tertiary/aromatic N) is 1. The van der Waals surface area contributed by atoms with Crippen molar-refractivity contribution >= 4 is 69.9 Å². The van der Waals surface area contributed by atoms with E-state index in [1.54, 1.807) is 65.0 Å². The molecule has 0 bridgehead atoms. The molecule has 3 aromatic rings. The first-order valence-corrected chi connectivity index (χ1v) is 11.0. The Bertz CT molecular complexity index is 1080. The van der Waals surface area contributed by atoms with Crippen LogP contribution in [0, 0.1) is 0 Å². The van der Waals surface area contributed by atoms with E-state index in [0.717, 1.165) is 4.90 Å². The second kappa shape index (κ2) is 10.1. The molecule has 0 aromatic heterocycles. The van der Waals surface area contributed by atoms with Crippen LogP contribution in [0.3, 0.4) is 0 Å². The van der Waals surface area contributed by atoms with Gasteiger partial charge in [0.05, 0.1) is 15.7 Å². The van der Waals surface area contributed by atoms with Gasteiger partial charge >= 0.3 is 0 Å². The van der Waals surface area contributed by atoms with Gasteiger partial charge in [-0.15, -0.1) is 0 Å². The number of rotatable bonds is 7. The molecular weight excluding hydrogens is 486 g/mol. The number of amides is 1. The molecule has 0 fully saturated rings. The smallest absolute Gasteiger partial charge is 0.238 e. The number of benzene rings is 3. The molecule has 3 rings (SSSR count).